The number of alkyl halides is 3. The summed E-state index contributed by atoms with van der Waals surface area (Å²) in [5.74, 6) is -6.54. The van der Waals surface area contributed by atoms with Gasteiger partial charge in [-0.05, 0) is 76.1 Å². The Labute approximate surface area is 262 Å². The molecule has 2 unspecified atom stereocenters. The van der Waals surface area contributed by atoms with Crippen molar-refractivity contribution in [2.45, 2.75) is 70.3 Å². The summed E-state index contributed by atoms with van der Waals surface area (Å²) in [5.41, 5.74) is 1.75. The first kappa shape index (κ1) is 32.9. The van der Waals surface area contributed by atoms with Crippen LogP contribution in [0.1, 0.15) is 62.4 Å². The van der Waals surface area contributed by atoms with Crippen LogP contribution in [-0.4, -0.2) is 69.0 Å². The van der Waals surface area contributed by atoms with E-state index in [1.807, 2.05) is 31.7 Å². The highest BCUT2D eigenvalue weighted by molar-refractivity contribution is 6.30. The topological polar surface area (TPSA) is 67.7 Å². The van der Waals surface area contributed by atoms with Gasteiger partial charge in [0.25, 0.3) is 0 Å². The second-order valence-electron chi connectivity index (χ2n) is 12.7. The molecule has 5 rings (SSSR count). The van der Waals surface area contributed by atoms with E-state index in [0.717, 1.165) is 12.1 Å². The van der Waals surface area contributed by atoms with Gasteiger partial charge in [0.15, 0.2) is 6.23 Å². The SMILES string of the molecule is Cc1cc(C2CCN(C(=O)[C@@H]3CN(C(C)(C)C)C[C@H]3c3ccc(F)cc3F)C(OC(=O)C(F)(F)F)C2)n(-c2ccc(Cl)cc2)n1. The maximum Gasteiger partial charge on any atom is 0.491 e. The Morgan fingerprint density at radius 1 is 1.00 bits per heavy atom. The molecule has 1 aromatic heterocycles. The van der Waals surface area contributed by atoms with Crippen molar-refractivity contribution in [3.05, 3.63) is 82.1 Å². The van der Waals surface area contributed by atoms with Gasteiger partial charge in [-0.3, -0.25) is 9.69 Å². The zero-order chi connectivity index (χ0) is 32.8. The van der Waals surface area contributed by atoms with Crippen molar-refractivity contribution in [3.8, 4) is 5.69 Å². The molecule has 0 N–H and O–H groups in total. The second-order valence-corrected chi connectivity index (χ2v) is 13.1. The number of nitrogens with zero attached hydrogens (tertiary/aromatic N) is 4. The highest BCUT2D eigenvalue weighted by Gasteiger charge is 2.49. The van der Waals surface area contributed by atoms with Gasteiger partial charge >= 0.3 is 12.1 Å². The first-order valence-electron chi connectivity index (χ1n) is 14.6. The minimum absolute atomic E-state index is 0.0191. The van der Waals surface area contributed by atoms with E-state index in [1.54, 1.807) is 35.9 Å². The van der Waals surface area contributed by atoms with Crippen LogP contribution in [0, 0.1) is 24.5 Å². The number of ether oxygens (including phenoxy) is 1. The Kier molecular flexibility index (Phi) is 9.02. The quantitative estimate of drug-likeness (QED) is 0.225. The van der Waals surface area contributed by atoms with Crippen molar-refractivity contribution in [1.82, 2.24) is 19.6 Å². The summed E-state index contributed by atoms with van der Waals surface area (Å²) >= 11 is 6.05. The number of esters is 1. The number of aryl methyl sites for hydroxylation is 1. The van der Waals surface area contributed by atoms with E-state index in [0.29, 0.717) is 28.5 Å². The molecule has 2 aliphatic rings. The molecule has 2 saturated heterocycles. The van der Waals surface area contributed by atoms with Crippen LogP contribution in [0.15, 0.2) is 48.5 Å². The smallest absolute Gasteiger partial charge is 0.435 e. The lowest BCUT2D eigenvalue weighted by molar-refractivity contribution is -0.216. The van der Waals surface area contributed by atoms with Crippen molar-refractivity contribution >= 4 is 23.5 Å². The molecule has 45 heavy (non-hydrogen) atoms. The molecule has 2 fully saturated rings. The first-order valence-corrected chi connectivity index (χ1v) is 15.0. The number of carbonyl (C=O) groups is 2. The molecule has 0 aliphatic carbocycles. The molecule has 0 saturated carbocycles. The molecule has 4 atom stereocenters. The van der Waals surface area contributed by atoms with Crippen LogP contribution in [0.4, 0.5) is 22.0 Å². The van der Waals surface area contributed by atoms with Crippen molar-refractivity contribution in [3.63, 3.8) is 0 Å². The predicted octanol–water partition coefficient (Wildman–Crippen LogP) is 6.76. The third-order valence-electron chi connectivity index (χ3n) is 8.61. The zero-order valence-electron chi connectivity index (χ0n) is 25.2. The average molecular weight is 653 g/mol. The summed E-state index contributed by atoms with van der Waals surface area (Å²) in [6, 6.07) is 11.9. The molecular formula is C32H34ClF5N4O3. The minimum Gasteiger partial charge on any atom is -0.435 e. The van der Waals surface area contributed by atoms with Gasteiger partial charge in [-0.25, -0.2) is 18.3 Å². The molecule has 7 nitrogen and oxygen atoms in total. The second kappa shape index (κ2) is 12.4. The van der Waals surface area contributed by atoms with Crippen LogP contribution >= 0.6 is 11.6 Å². The summed E-state index contributed by atoms with van der Waals surface area (Å²) in [7, 11) is 0. The Balaban J connectivity index is 1.48. The molecule has 3 heterocycles. The zero-order valence-corrected chi connectivity index (χ0v) is 26.0. The molecular weight excluding hydrogens is 619 g/mol. The van der Waals surface area contributed by atoms with Crippen molar-refractivity contribution in [2.24, 2.45) is 5.92 Å². The number of rotatable bonds is 5. The molecule has 0 radical (unpaired) electrons. The number of piperidine rings is 1. The molecule has 13 heteroatoms. The highest BCUT2D eigenvalue weighted by atomic mass is 35.5. The van der Waals surface area contributed by atoms with E-state index in [1.165, 1.54) is 11.0 Å². The third-order valence-corrected chi connectivity index (χ3v) is 8.86. The van der Waals surface area contributed by atoms with E-state index >= 15 is 4.39 Å². The van der Waals surface area contributed by atoms with E-state index in [4.69, 9.17) is 16.3 Å². The monoisotopic (exact) mass is 652 g/mol. The van der Waals surface area contributed by atoms with Crippen molar-refractivity contribution in [2.75, 3.05) is 19.6 Å². The van der Waals surface area contributed by atoms with Gasteiger partial charge < -0.3 is 9.64 Å². The number of likely N-dealkylation sites (tertiary alicyclic amines) is 2. The fraction of sp³-hybridized carbons (Fsp3) is 0.469. The molecule has 242 valence electrons. The lowest BCUT2D eigenvalue weighted by Crippen LogP contribution is -2.52. The van der Waals surface area contributed by atoms with Crippen molar-refractivity contribution in [1.29, 1.82) is 0 Å². The number of aromatic nitrogens is 2. The predicted molar refractivity (Wildman–Crippen MR) is 157 cm³/mol. The maximum atomic E-state index is 15.0. The number of hydrogen-bond acceptors (Lipinski definition) is 5. The Hall–Kier alpha value is -3.51. The highest BCUT2D eigenvalue weighted by Crippen LogP contribution is 2.41. The van der Waals surface area contributed by atoms with E-state index < -0.39 is 59.2 Å². The van der Waals surface area contributed by atoms with Crippen LogP contribution in [-0.2, 0) is 14.3 Å². The van der Waals surface area contributed by atoms with Crippen LogP contribution < -0.4 is 0 Å². The molecule has 2 aliphatic heterocycles. The van der Waals surface area contributed by atoms with Crippen LogP contribution in [0.5, 0.6) is 0 Å². The lowest BCUT2D eigenvalue weighted by Gasteiger charge is -2.40. The lowest BCUT2D eigenvalue weighted by atomic mass is 9.85. The van der Waals surface area contributed by atoms with Gasteiger partial charge in [0, 0.05) is 60.2 Å². The normalized spacial score (nSPS) is 22.9. The van der Waals surface area contributed by atoms with Crippen LogP contribution in [0.25, 0.3) is 5.69 Å². The average Bonchev–Trinajstić information content (AvgIpc) is 3.57. The number of carbonyl (C=O) groups excluding carboxylic acids is 2. The van der Waals surface area contributed by atoms with Gasteiger partial charge in [-0.15, -0.1) is 0 Å². The maximum absolute atomic E-state index is 15.0. The number of amides is 1. The standard InChI is InChI=1S/C32H34ClF5N4O3/c1-18-13-27(42(39-18)22-8-5-20(33)6-9-22)19-11-12-41(28(14-19)45-30(44)32(36,37)38)29(43)25-17-40(31(2,3)4)16-24(25)23-10-7-21(34)15-26(23)35/h5-10,13,15,19,24-25,28H,11-12,14,16-17H2,1-4H3/t19?,24-,25+,28?/m0/s1. The largest absolute Gasteiger partial charge is 0.491 e. The van der Waals surface area contributed by atoms with E-state index in [-0.39, 0.29) is 31.6 Å². The number of hydrogen-bond donors (Lipinski definition) is 0. The van der Waals surface area contributed by atoms with Crippen molar-refractivity contribution < 1.29 is 36.3 Å². The Morgan fingerprint density at radius 3 is 2.31 bits per heavy atom. The summed E-state index contributed by atoms with van der Waals surface area (Å²) in [5, 5.41) is 5.07. The number of halogens is 6. The van der Waals surface area contributed by atoms with Gasteiger partial charge in [0.1, 0.15) is 11.6 Å². The third kappa shape index (κ3) is 7.01. The first-order chi connectivity index (χ1) is 21.0. The van der Waals surface area contributed by atoms with Crippen LogP contribution in [0.2, 0.25) is 5.02 Å². The van der Waals surface area contributed by atoms with Crippen LogP contribution in [0.3, 0.4) is 0 Å². The molecule has 1 amide bonds. The molecule has 0 spiro atoms. The Morgan fingerprint density at radius 2 is 1.69 bits per heavy atom. The van der Waals surface area contributed by atoms with Gasteiger partial charge in [-0.2, -0.15) is 18.3 Å². The summed E-state index contributed by atoms with van der Waals surface area (Å²) < 4.78 is 75.8. The molecule has 3 aromatic rings. The molecule has 0 bridgehead atoms. The summed E-state index contributed by atoms with van der Waals surface area (Å²) in [6.45, 7) is 8.02. The Bertz CT molecular complexity index is 1570. The minimum atomic E-state index is -5.28. The fourth-order valence-corrected chi connectivity index (χ4v) is 6.41. The van der Waals surface area contributed by atoms with Gasteiger partial charge in [0.2, 0.25) is 5.91 Å². The van der Waals surface area contributed by atoms with Gasteiger partial charge in [0.05, 0.1) is 17.3 Å². The number of benzene rings is 2. The van der Waals surface area contributed by atoms with E-state index in [9.17, 15) is 27.2 Å². The fourth-order valence-electron chi connectivity index (χ4n) is 6.28. The summed E-state index contributed by atoms with van der Waals surface area (Å²) in [4.78, 5) is 29.5. The molecule has 2 aromatic carbocycles. The van der Waals surface area contributed by atoms with Gasteiger partial charge in [-0.1, -0.05) is 17.7 Å². The summed E-state index contributed by atoms with van der Waals surface area (Å²) in [6.07, 6.45) is -6.59. The van der Waals surface area contributed by atoms with E-state index in [2.05, 4.69) is 5.10 Å².